The molecule has 0 spiro atoms. The maximum Gasteiger partial charge on any atom is 0.325 e. The molecule has 17 nitrogen and oxygen atoms in total. The predicted octanol–water partition coefficient (Wildman–Crippen LogP) is 6.20. The Morgan fingerprint density at radius 2 is 1.84 bits per heavy atom. The SMILES string of the molecule is CCn1c2c3c4cc(ccc41)-c1cc(O)cc(c1)CC(NC(=O)C(C(C)C)N(C)C(=O)C1OCCC1c1ccccc1)C(=O)N1NC(C(=O)OCC(C)(C)C3C(OC)c3ncc(C#CCNCCS(=O)O)cc3-2)C2CC1C2. The van der Waals surface area contributed by atoms with Gasteiger partial charge < -0.3 is 44.0 Å². The average Bonchev–Trinajstić information content (AvgIpc) is 4.27. The van der Waals surface area contributed by atoms with E-state index in [0.29, 0.717) is 62.2 Å². The number of hydrogen-bond acceptors (Lipinski definition) is 12. The van der Waals surface area contributed by atoms with Crippen molar-refractivity contribution in [2.45, 2.75) is 115 Å². The van der Waals surface area contributed by atoms with E-state index < -0.39 is 70.5 Å². The number of ether oxygens (including phenoxy) is 3. The first-order chi connectivity index (χ1) is 37.0. The molecule has 3 amide bonds. The number of likely N-dealkylation sites (N-methyl/N-ethyl adjacent to an activating group) is 1. The fraction of sp³-hybridized carbons (Fsp3) is 0.475. The van der Waals surface area contributed by atoms with E-state index in [1.165, 1.54) is 9.91 Å². The number of carbonyl (C=O) groups is 4. The number of pyridine rings is 1. The summed E-state index contributed by atoms with van der Waals surface area (Å²) in [6.45, 7) is 11.6. The first-order valence-electron chi connectivity index (χ1n) is 26.8. The number of amides is 3. The second-order valence-corrected chi connectivity index (χ2v) is 23.3. The number of nitrogens with one attached hydrogen (secondary N) is 3. The van der Waals surface area contributed by atoms with Gasteiger partial charge in [-0.05, 0) is 96.2 Å². The second-order valence-electron chi connectivity index (χ2n) is 22.2. The molecular formula is C59H69N7O10S. The lowest BCUT2D eigenvalue weighted by atomic mass is 9.67. The number of aryl methyl sites for hydroxylation is 1. The van der Waals surface area contributed by atoms with Gasteiger partial charge in [-0.3, -0.25) is 29.2 Å². The van der Waals surface area contributed by atoms with Crippen LogP contribution < -0.4 is 16.1 Å². The van der Waals surface area contributed by atoms with E-state index in [0.717, 1.165) is 44.5 Å². The van der Waals surface area contributed by atoms with Gasteiger partial charge in [-0.25, -0.2) is 9.63 Å². The van der Waals surface area contributed by atoms with Gasteiger partial charge in [0, 0.05) is 91.8 Å². The summed E-state index contributed by atoms with van der Waals surface area (Å²) in [4.78, 5) is 65.5. The number of nitrogens with zero attached hydrogens (tertiary/aromatic N) is 4. The van der Waals surface area contributed by atoms with E-state index in [1.807, 2.05) is 62.4 Å². The van der Waals surface area contributed by atoms with Crippen LogP contribution in [0, 0.1) is 29.1 Å². The minimum Gasteiger partial charge on any atom is -0.508 e. The Balaban J connectivity index is 1.05. The molecule has 8 atom stereocenters. The Kier molecular flexibility index (Phi) is 15.5. The third kappa shape index (κ3) is 10.4. The smallest absolute Gasteiger partial charge is 0.325 e. The fourth-order valence-corrected chi connectivity index (χ4v) is 12.9. The quantitative estimate of drug-likeness (QED) is 0.0408. The van der Waals surface area contributed by atoms with E-state index in [1.54, 1.807) is 32.5 Å². The highest BCUT2D eigenvalue weighted by Gasteiger charge is 2.53. The monoisotopic (exact) mass is 1070 g/mol. The normalized spacial score (nSPS) is 25.1. The van der Waals surface area contributed by atoms with Gasteiger partial charge in [-0.1, -0.05) is 82.0 Å². The van der Waals surface area contributed by atoms with Crippen LogP contribution in [0.2, 0.25) is 0 Å². The molecule has 3 saturated heterocycles. The number of hydrogen-bond donors (Lipinski definition) is 5. The molecule has 8 bridgehead atoms. The Hall–Kier alpha value is -6.46. The summed E-state index contributed by atoms with van der Waals surface area (Å²) in [5, 5.41) is 20.1. The van der Waals surface area contributed by atoms with E-state index >= 15 is 4.79 Å². The predicted molar refractivity (Wildman–Crippen MR) is 291 cm³/mol. The number of carbonyl (C=O) groups excluding carboxylic acids is 4. The number of phenols is 1. The summed E-state index contributed by atoms with van der Waals surface area (Å²) >= 11 is -1.90. The van der Waals surface area contributed by atoms with Crippen molar-refractivity contribution in [2.24, 2.45) is 17.3 Å². The van der Waals surface area contributed by atoms with Crippen LogP contribution in [-0.4, -0.2) is 134 Å². The number of esters is 1. The van der Waals surface area contributed by atoms with Gasteiger partial charge in [0.2, 0.25) is 5.91 Å². The molecule has 2 aromatic heterocycles. The van der Waals surface area contributed by atoms with Crippen LogP contribution in [0.3, 0.4) is 0 Å². The Bertz CT molecular complexity index is 3180. The fourth-order valence-electron chi connectivity index (χ4n) is 12.6. The lowest BCUT2D eigenvalue weighted by Gasteiger charge is -2.53. The molecule has 77 heavy (non-hydrogen) atoms. The van der Waals surface area contributed by atoms with E-state index in [4.69, 9.17) is 23.7 Å². The zero-order chi connectivity index (χ0) is 54.4. The molecule has 8 unspecified atom stereocenters. The van der Waals surface area contributed by atoms with Crippen LogP contribution in [0.1, 0.15) is 99.8 Å². The lowest BCUT2D eigenvalue weighted by Crippen LogP contribution is -2.72. The number of fused-ring (bicyclic) bond motifs is 6. The molecule has 406 valence electrons. The van der Waals surface area contributed by atoms with Crippen molar-refractivity contribution in [1.29, 1.82) is 0 Å². The zero-order valence-corrected chi connectivity index (χ0v) is 45.5. The number of cyclic esters (lactones) is 1. The molecule has 4 fully saturated rings. The Morgan fingerprint density at radius 3 is 2.57 bits per heavy atom. The summed E-state index contributed by atoms with van der Waals surface area (Å²) in [7, 11) is 3.28. The van der Waals surface area contributed by atoms with Gasteiger partial charge in [-0.2, -0.15) is 0 Å². The largest absolute Gasteiger partial charge is 0.508 e. The van der Waals surface area contributed by atoms with Crippen molar-refractivity contribution in [3.63, 3.8) is 0 Å². The van der Waals surface area contributed by atoms with Gasteiger partial charge in [0.15, 0.2) is 11.1 Å². The molecule has 1 saturated carbocycles. The summed E-state index contributed by atoms with van der Waals surface area (Å²) < 4.78 is 41.5. The lowest BCUT2D eigenvalue weighted by molar-refractivity contribution is -0.171. The molecule has 2 aliphatic carbocycles. The summed E-state index contributed by atoms with van der Waals surface area (Å²) in [6, 6.07) is 20.0. The molecular weight excluding hydrogens is 999 g/mol. The Labute approximate surface area is 452 Å². The molecule has 0 radical (unpaired) electrons. The molecule has 11 rings (SSSR count). The van der Waals surface area contributed by atoms with Gasteiger partial charge in [0.25, 0.3) is 11.8 Å². The van der Waals surface area contributed by atoms with Gasteiger partial charge in [-0.15, -0.1) is 0 Å². The number of phenolic OH excluding ortho intramolecular Hbond substituents is 1. The molecule has 5 N–H and O–H groups in total. The molecule has 4 aliphatic heterocycles. The third-order valence-electron chi connectivity index (χ3n) is 16.4. The highest BCUT2D eigenvalue weighted by molar-refractivity contribution is 7.79. The highest BCUT2D eigenvalue weighted by atomic mass is 32.2. The Morgan fingerprint density at radius 1 is 1.06 bits per heavy atom. The third-order valence-corrected chi connectivity index (χ3v) is 17.0. The van der Waals surface area contributed by atoms with Crippen LogP contribution in [0.15, 0.2) is 79.0 Å². The van der Waals surface area contributed by atoms with Crippen molar-refractivity contribution in [1.82, 2.24) is 35.5 Å². The van der Waals surface area contributed by atoms with Crippen LogP contribution in [-0.2, 0) is 57.4 Å². The zero-order valence-electron chi connectivity index (χ0n) is 44.7. The summed E-state index contributed by atoms with van der Waals surface area (Å²) in [5.74, 6) is 3.59. The number of methoxy groups -OCH3 is 1. The molecule has 5 aromatic rings. The highest BCUT2D eigenvalue weighted by Crippen LogP contribution is 2.57. The first-order valence-corrected chi connectivity index (χ1v) is 28.0. The summed E-state index contributed by atoms with van der Waals surface area (Å²) in [5.41, 5.74) is 10.7. The standard InChI is InChI=1S/C59H69N7O10S/c1-8-65-46-17-16-37-30-43(46)47-48(54(74-7)50-44(52(47)65)25-34(31-61-50)13-12-19-60-20-22-77(72)73)59(4,5)32-76-58(71)49-39-27-40(28-39)66(63-49)56(69)45(26-35-23-38(37)29-41(67)24-35)62-55(68)51(33(2)3)64(6)57(70)53-42(18-21-75-53)36-14-10-9-11-15-36/h9-11,14-17,23-25,29-31,33,39-40,42,45,48-49,51,53-54,60,63,67H,8,18-22,26-28,32H2,1-7H3,(H,62,68)(H,72,73). The average molecular weight is 1070 g/mol. The second kappa shape index (κ2) is 22.1. The molecule has 3 aromatic carbocycles. The topological polar surface area (TPSA) is 214 Å². The molecule has 18 heteroatoms. The van der Waals surface area contributed by atoms with Crippen molar-refractivity contribution < 1.29 is 47.3 Å². The first kappa shape index (κ1) is 53.9. The maximum atomic E-state index is 15.2. The molecule has 6 heterocycles. The van der Waals surface area contributed by atoms with Gasteiger partial charge in [0.1, 0.15) is 36.1 Å². The number of aromatic hydroxyl groups is 1. The van der Waals surface area contributed by atoms with Gasteiger partial charge >= 0.3 is 5.97 Å². The number of hydrazine groups is 1. The van der Waals surface area contributed by atoms with Crippen LogP contribution in [0.5, 0.6) is 5.75 Å². The van der Waals surface area contributed by atoms with E-state index in [-0.39, 0.29) is 54.2 Å². The maximum absolute atomic E-state index is 15.2. The minimum atomic E-state index is -1.90. The number of aromatic nitrogens is 2. The number of rotatable bonds is 12. The van der Waals surface area contributed by atoms with Crippen molar-refractivity contribution in [3.05, 3.63) is 107 Å². The van der Waals surface area contributed by atoms with Crippen molar-refractivity contribution in [2.75, 3.05) is 46.2 Å². The van der Waals surface area contributed by atoms with E-state index in [2.05, 4.69) is 65.4 Å². The van der Waals surface area contributed by atoms with Crippen molar-refractivity contribution >= 4 is 45.7 Å². The van der Waals surface area contributed by atoms with Crippen molar-refractivity contribution in [3.8, 4) is 40.0 Å². The van der Waals surface area contributed by atoms with Crippen LogP contribution in [0.4, 0.5) is 0 Å². The minimum absolute atomic E-state index is 0.00173. The molecule has 6 aliphatic rings. The van der Waals surface area contributed by atoms with Gasteiger partial charge in [0.05, 0.1) is 30.3 Å². The summed E-state index contributed by atoms with van der Waals surface area (Å²) in [6.07, 6.45) is 2.11. The van der Waals surface area contributed by atoms with Crippen LogP contribution in [0.25, 0.3) is 33.3 Å². The van der Waals surface area contributed by atoms with Crippen LogP contribution >= 0.6 is 0 Å². The number of benzene rings is 3. The van der Waals surface area contributed by atoms with E-state index in [9.17, 15) is 23.7 Å².